The molecule has 0 bridgehead atoms. The van der Waals surface area contributed by atoms with Crippen molar-refractivity contribution in [3.8, 4) is 0 Å². The molecule has 4 atom stereocenters. The molecule has 2 rings (SSSR count). The van der Waals surface area contributed by atoms with E-state index in [1.807, 2.05) is 0 Å². The molecule has 2 aliphatic rings. The second-order valence-electron chi connectivity index (χ2n) is 5.56. The van der Waals surface area contributed by atoms with Crippen LogP contribution in [0.1, 0.15) is 51.4 Å². The maximum absolute atomic E-state index is 10.4. The van der Waals surface area contributed by atoms with Gasteiger partial charge >= 0.3 is 27.7 Å². The molecule has 0 spiro atoms. The molecule has 0 amide bonds. The Balaban J connectivity index is 0.000000364. The van der Waals surface area contributed by atoms with Gasteiger partial charge in [-0.25, -0.2) is 0 Å². The van der Waals surface area contributed by atoms with Gasteiger partial charge in [-0.3, -0.25) is 0 Å². The summed E-state index contributed by atoms with van der Waals surface area (Å²) in [6.07, 6.45) is 7.29. The smallest absolute Gasteiger partial charge is 0.550 e. The first-order chi connectivity index (χ1) is 9.40. The van der Waals surface area contributed by atoms with Gasteiger partial charge in [-0.05, 0) is 50.4 Å². The predicted octanol–water partition coefficient (Wildman–Crippen LogP) is 1.38. The summed E-state index contributed by atoms with van der Waals surface area (Å²) >= 11 is 6.81. The maximum atomic E-state index is 10.4. The van der Waals surface area contributed by atoms with Crippen LogP contribution in [-0.4, -0.2) is 21.6 Å². The van der Waals surface area contributed by atoms with Gasteiger partial charge in [-0.2, -0.15) is 0 Å². The molecule has 2 fully saturated rings. The number of aliphatic carboxylic acids is 2. The summed E-state index contributed by atoms with van der Waals surface area (Å²) in [5, 5.41) is 20.7. The van der Waals surface area contributed by atoms with Crippen molar-refractivity contribution in [2.75, 3.05) is 0 Å². The van der Waals surface area contributed by atoms with Crippen LogP contribution in [-0.2, 0) is 37.3 Å². The largest absolute Gasteiger partial charge is 2.00 e. The topological polar surface area (TPSA) is 80.3 Å². The van der Waals surface area contributed by atoms with Crippen LogP contribution in [0.2, 0.25) is 0 Å². The van der Waals surface area contributed by atoms with Gasteiger partial charge in [0.05, 0.1) is 0 Å². The molecular weight excluding hydrogens is 593 g/mol. The second-order valence-corrected chi connectivity index (χ2v) is 8.15. The third kappa shape index (κ3) is 8.89. The third-order valence-electron chi connectivity index (χ3n) is 3.89. The molecule has 0 aromatic carbocycles. The molecule has 2 aliphatic carbocycles. The van der Waals surface area contributed by atoms with Gasteiger partial charge in [0, 0.05) is 21.6 Å². The van der Waals surface area contributed by atoms with Gasteiger partial charge in [0.15, 0.2) is 0 Å². The number of carbonyl (C=O) groups is 2. The predicted molar refractivity (Wildman–Crippen MR) is 79.4 cm³/mol. The summed E-state index contributed by atoms with van der Waals surface area (Å²) in [5.41, 5.74) is 0. The van der Waals surface area contributed by atoms with E-state index in [4.69, 9.17) is 0 Å². The normalized spacial score (nSPS) is 32.1. The quantitative estimate of drug-likeness (QED) is 0.349. The number of rotatable bonds is 2. The van der Waals surface area contributed by atoms with Crippen molar-refractivity contribution in [2.45, 2.75) is 61.0 Å². The summed E-state index contributed by atoms with van der Waals surface area (Å²) in [7, 11) is 0. The number of carboxylic acid groups (broad SMARTS) is 2. The number of hydrogen-bond acceptors (Lipinski definition) is 4. The number of hydrogen-bond donors (Lipinski definition) is 0. The molecule has 116 valence electrons. The van der Waals surface area contributed by atoms with Crippen molar-refractivity contribution in [3.63, 3.8) is 0 Å². The zero-order chi connectivity index (χ0) is 15.1. The van der Waals surface area contributed by atoms with Crippen molar-refractivity contribution >= 4 is 43.8 Å². The molecule has 0 N–H and O–H groups in total. The Kier molecular flexibility index (Phi) is 11.8. The molecule has 0 aliphatic heterocycles. The van der Waals surface area contributed by atoms with Crippen LogP contribution in [0.25, 0.3) is 0 Å². The standard InChI is InChI=1S/2C7H11BrO2.Hg/c2*8-6-3-1-2-5(4-6)7(9)10;/h2*5-6H,1-4H2,(H,9,10);/q;;+2/p-2. The van der Waals surface area contributed by atoms with E-state index in [1.165, 1.54) is 0 Å². The van der Waals surface area contributed by atoms with Gasteiger partial charge in [-0.15, -0.1) is 0 Å². The SMILES string of the molecule is O=C([O-])C1CCCC(Br)C1.O=C([O-])C1CCCC(Br)C1.[Hg+2]. The molecule has 0 aromatic heterocycles. The molecule has 0 aromatic rings. The fraction of sp³-hybridized carbons (Fsp3) is 0.857. The van der Waals surface area contributed by atoms with Crippen LogP contribution in [0.3, 0.4) is 0 Å². The number of halogens is 2. The number of carboxylic acids is 2. The van der Waals surface area contributed by atoms with E-state index >= 15 is 0 Å². The molecule has 7 heteroatoms. The zero-order valence-corrected chi connectivity index (χ0v) is 20.7. The fourth-order valence-electron chi connectivity index (χ4n) is 2.69. The molecule has 0 heterocycles. The van der Waals surface area contributed by atoms with Crippen LogP contribution in [0.4, 0.5) is 0 Å². The first-order valence-corrected chi connectivity index (χ1v) is 8.93. The van der Waals surface area contributed by atoms with Crippen LogP contribution < -0.4 is 10.2 Å². The van der Waals surface area contributed by atoms with E-state index in [0.717, 1.165) is 51.4 Å². The monoisotopic (exact) mass is 612 g/mol. The van der Waals surface area contributed by atoms with E-state index < -0.39 is 11.9 Å². The van der Waals surface area contributed by atoms with Crippen LogP contribution in [0.5, 0.6) is 0 Å². The van der Waals surface area contributed by atoms with E-state index in [1.54, 1.807) is 0 Å². The van der Waals surface area contributed by atoms with E-state index in [0.29, 0.717) is 9.65 Å². The summed E-state index contributed by atoms with van der Waals surface area (Å²) in [4.78, 5) is 21.5. The van der Waals surface area contributed by atoms with E-state index in [9.17, 15) is 19.8 Å². The average molecular weight is 613 g/mol. The van der Waals surface area contributed by atoms with Crippen molar-refractivity contribution in [1.29, 1.82) is 0 Å². The minimum Gasteiger partial charge on any atom is -0.550 e. The summed E-state index contributed by atoms with van der Waals surface area (Å²) in [6, 6.07) is 0. The Morgan fingerprint density at radius 3 is 1.29 bits per heavy atom. The first-order valence-electron chi connectivity index (χ1n) is 7.10. The Morgan fingerprint density at radius 2 is 1.10 bits per heavy atom. The summed E-state index contributed by atoms with van der Waals surface area (Å²) in [6.45, 7) is 0. The zero-order valence-electron chi connectivity index (χ0n) is 12.1. The molecule has 2 saturated carbocycles. The van der Waals surface area contributed by atoms with Gasteiger partial charge in [-0.1, -0.05) is 44.7 Å². The number of alkyl halides is 2. The molecule has 4 nitrogen and oxygen atoms in total. The van der Waals surface area contributed by atoms with Crippen LogP contribution in [0, 0.1) is 11.8 Å². The Morgan fingerprint density at radius 1 is 0.762 bits per heavy atom. The Labute approximate surface area is 163 Å². The van der Waals surface area contributed by atoms with Gasteiger partial charge in [0.1, 0.15) is 0 Å². The van der Waals surface area contributed by atoms with E-state index in [2.05, 4.69) is 31.9 Å². The summed E-state index contributed by atoms with van der Waals surface area (Å²) < 4.78 is 0. The van der Waals surface area contributed by atoms with Crippen LogP contribution >= 0.6 is 31.9 Å². The minimum absolute atomic E-state index is 0. The Bertz CT molecular complexity index is 309. The third-order valence-corrected chi connectivity index (χ3v) is 5.55. The second kappa shape index (κ2) is 11.4. The van der Waals surface area contributed by atoms with Gasteiger partial charge < -0.3 is 19.8 Å². The van der Waals surface area contributed by atoms with E-state index in [-0.39, 0.29) is 39.5 Å². The van der Waals surface area contributed by atoms with Crippen molar-refractivity contribution < 1.29 is 47.5 Å². The molecular formula is C14H20Br2HgO4. The molecule has 4 unspecified atom stereocenters. The fourth-order valence-corrected chi connectivity index (χ4v) is 4.24. The maximum Gasteiger partial charge on any atom is 2.00 e. The number of carbonyl (C=O) groups excluding carboxylic acids is 2. The van der Waals surface area contributed by atoms with Crippen LogP contribution in [0.15, 0.2) is 0 Å². The van der Waals surface area contributed by atoms with Crippen molar-refractivity contribution in [2.24, 2.45) is 11.8 Å². The van der Waals surface area contributed by atoms with Crippen molar-refractivity contribution in [3.05, 3.63) is 0 Å². The van der Waals surface area contributed by atoms with Gasteiger partial charge in [0.2, 0.25) is 0 Å². The molecule has 0 radical (unpaired) electrons. The Hall–Kier alpha value is 0.835. The van der Waals surface area contributed by atoms with Gasteiger partial charge in [0.25, 0.3) is 0 Å². The van der Waals surface area contributed by atoms with Crippen molar-refractivity contribution in [1.82, 2.24) is 0 Å². The average Bonchev–Trinajstić information content (AvgIpc) is 2.39. The molecule has 0 saturated heterocycles. The minimum atomic E-state index is -0.885. The molecule has 21 heavy (non-hydrogen) atoms. The first kappa shape index (κ1) is 21.8. The summed E-state index contributed by atoms with van der Waals surface area (Å²) in [5.74, 6) is -2.19.